The Morgan fingerprint density at radius 3 is 1.24 bits per heavy atom. The molecule has 0 rings (SSSR count). The van der Waals surface area contributed by atoms with Crippen LogP contribution in [0.15, 0.2) is 0 Å². The number of hydrogen-bond donors (Lipinski definition) is 5. The minimum atomic E-state index is -0.266. The fourth-order valence-corrected chi connectivity index (χ4v) is 5.01. The monoisotopic (exact) mass is 717 g/mol. The van der Waals surface area contributed by atoms with Crippen molar-refractivity contribution in [3.63, 3.8) is 0 Å². The average molecular weight is 717 g/mol. The number of carbonyl (C=O) groups is 4. The molecule has 13 nitrogen and oxygen atoms in total. The van der Waals surface area contributed by atoms with Gasteiger partial charge in [-0.15, -0.1) is 0 Å². The molecule has 0 radical (unpaired) electrons. The zero-order valence-corrected chi connectivity index (χ0v) is 31.3. The van der Waals surface area contributed by atoms with E-state index in [1.807, 2.05) is 0 Å². The van der Waals surface area contributed by atoms with Crippen molar-refractivity contribution in [1.82, 2.24) is 21.3 Å². The number of amides is 4. The first-order valence-electron chi connectivity index (χ1n) is 19.5. The summed E-state index contributed by atoms with van der Waals surface area (Å²) < 4.78 is 21.2. The lowest BCUT2D eigenvalue weighted by Crippen LogP contribution is -2.32. The number of rotatable bonds is 39. The summed E-state index contributed by atoms with van der Waals surface area (Å²) in [6.07, 6.45) is 21.6. The van der Waals surface area contributed by atoms with E-state index in [2.05, 4.69) is 28.2 Å². The predicted molar refractivity (Wildman–Crippen MR) is 196 cm³/mol. The Balaban J connectivity index is 3.36. The summed E-state index contributed by atoms with van der Waals surface area (Å²) in [6.45, 7) is 5.51. The number of carbonyl (C=O) groups excluding carboxylic acids is 4. The third-order valence-corrected chi connectivity index (χ3v) is 7.91. The number of aliphatic hydroxyl groups excluding tert-OH is 1. The van der Waals surface area contributed by atoms with Crippen LogP contribution in [0.4, 0.5) is 0 Å². The molecule has 0 unspecified atom stereocenters. The van der Waals surface area contributed by atoms with Gasteiger partial charge >= 0.3 is 0 Å². The maximum absolute atomic E-state index is 12.0. The van der Waals surface area contributed by atoms with Gasteiger partial charge in [-0.05, 0) is 19.3 Å². The molecule has 4 amide bonds. The maximum atomic E-state index is 12.0. The molecule has 0 spiro atoms. The lowest BCUT2D eigenvalue weighted by atomic mass is 10.0. The molecule has 0 saturated carbocycles. The molecule has 0 aromatic rings. The van der Waals surface area contributed by atoms with Crippen molar-refractivity contribution >= 4 is 23.6 Å². The van der Waals surface area contributed by atoms with E-state index in [0.717, 1.165) is 12.8 Å². The molecular weight excluding hydrogens is 644 g/mol. The van der Waals surface area contributed by atoms with Crippen LogP contribution < -0.4 is 21.3 Å². The van der Waals surface area contributed by atoms with Crippen LogP contribution in [-0.2, 0) is 38.1 Å². The van der Waals surface area contributed by atoms with E-state index < -0.39 is 0 Å². The molecule has 0 aliphatic heterocycles. The topological polar surface area (TPSA) is 174 Å². The predicted octanol–water partition coefficient (Wildman–Crippen LogP) is 3.94. The number of nitrogens with one attached hydrogen (secondary N) is 4. The molecule has 0 aromatic carbocycles. The van der Waals surface area contributed by atoms with Gasteiger partial charge in [0, 0.05) is 45.6 Å². The first-order chi connectivity index (χ1) is 24.5. The van der Waals surface area contributed by atoms with Crippen molar-refractivity contribution in [3.05, 3.63) is 0 Å². The molecule has 0 bridgehead atoms. The van der Waals surface area contributed by atoms with Gasteiger partial charge in [0.15, 0.2) is 0 Å². The highest BCUT2D eigenvalue weighted by Crippen LogP contribution is 2.13. The number of ether oxygens (including phenoxy) is 4. The van der Waals surface area contributed by atoms with Crippen molar-refractivity contribution in [2.75, 3.05) is 85.6 Å². The van der Waals surface area contributed by atoms with Gasteiger partial charge in [-0.25, -0.2) is 0 Å². The van der Waals surface area contributed by atoms with Gasteiger partial charge in [-0.2, -0.15) is 0 Å². The summed E-state index contributed by atoms with van der Waals surface area (Å²) >= 11 is 0. The molecule has 0 heterocycles. The quantitative estimate of drug-likeness (QED) is 0.0591. The molecule has 0 atom stereocenters. The Morgan fingerprint density at radius 2 is 0.760 bits per heavy atom. The maximum Gasteiger partial charge on any atom is 0.246 e. The number of unbranched alkanes of at least 4 members (excludes halogenated alkanes) is 14. The fourth-order valence-electron chi connectivity index (χ4n) is 5.01. The highest BCUT2D eigenvalue weighted by atomic mass is 16.5. The molecular formula is C37H72N4O9. The highest BCUT2D eigenvalue weighted by molar-refractivity contribution is 5.77. The Labute approximate surface area is 302 Å². The average Bonchev–Trinajstić information content (AvgIpc) is 3.10. The van der Waals surface area contributed by atoms with E-state index in [4.69, 9.17) is 24.1 Å². The minimum absolute atomic E-state index is 0.0274. The van der Waals surface area contributed by atoms with Crippen molar-refractivity contribution in [3.8, 4) is 0 Å². The van der Waals surface area contributed by atoms with E-state index >= 15 is 0 Å². The molecule has 0 aliphatic rings. The smallest absolute Gasteiger partial charge is 0.246 e. The SMILES string of the molecule is CCCCCCCCCCCCCCCCCC(=O)NCCCC(=O)NCCOCCOCC(=O)NCCOCCOCC(=O)NCCCO. The van der Waals surface area contributed by atoms with Crippen LogP contribution in [0, 0.1) is 0 Å². The molecule has 5 N–H and O–H groups in total. The van der Waals surface area contributed by atoms with Gasteiger partial charge < -0.3 is 45.3 Å². The van der Waals surface area contributed by atoms with Gasteiger partial charge in [0.05, 0.1) is 39.6 Å². The summed E-state index contributed by atoms with van der Waals surface area (Å²) in [6, 6.07) is 0. The normalized spacial score (nSPS) is 11.0. The first kappa shape index (κ1) is 47.7. The Kier molecular flexibility index (Phi) is 37.6. The Bertz CT molecular complexity index is 805. The zero-order valence-electron chi connectivity index (χ0n) is 31.3. The van der Waals surface area contributed by atoms with Gasteiger partial charge in [0.2, 0.25) is 23.6 Å². The van der Waals surface area contributed by atoms with E-state index in [1.165, 1.54) is 83.5 Å². The third kappa shape index (κ3) is 38.5. The second-order valence-electron chi connectivity index (χ2n) is 12.6. The van der Waals surface area contributed by atoms with Crippen LogP contribution >= 0.6 is 0 Å². The number of hydrogen-bond acceptors (Lipinski definition) is 9. The molecule has 0 aromatic heterocycles. The van der Waals surface area contributed by atoms with Crippen LogP contribution in [0.1, 0.15) is 129 Å². The lowest BCUT2D eigenvalue weighted by molar-refractivity contribution is -0.127. The van der Waals surface area contributed by atoms with Gasteiger partial charge in [-0.3, -0.25) is 19.2 Å². The van der Waals surface area contributed by atoms with Crippen LogP contribution in [0.2, 0.25) is 0 Å². The zero-order chi connectivity index (χ0) is 36.6. The lowest BCUT2D eigenvalue weighted by Gasteiger charge is -2.09. The summed E-state index contributed by atoms with van der Waals surface area (Å²) in [5.74, 6) is -0.520. The minimum Gasteiger partial charge on any atom is -0.396 e. The number of aliphatic hydroxyl groups is 1. The second kappa shape index (κ2) is 39.5. The van der Waals surface area contributed by atoms with E-state index in [9.17, 15) is 19.2 Å². The second-order valence-corrected chi connectivity index (χ2v) is 12.6. The van der Waals surface area contributed by atoms with E-state index in [0.29, 0.717) is 78.3 Å². The molecule has 294 valence electrons. The van der Waals surface area contributed by atoms with Crippen LogP contribution in [-0.4, -0.2) is 114 Å². The largest absolute Gasteiger partial charge is 0.396 e. The summed E-state index contributed by atoms with van der Waals surface area (Å²) in [5, 5.41) is 19.7. The third-order valence-electron chi connectivity index (χ3n) is 7.91. The van der Waals surface area contributed by atoms with Crippen LogP contribution in [0.5, 0.6) is 0 Å². The Hall–Kier alpha value is -2.32. The molecule has 13 heteroatoms. The van der Waals surface area contributed by atoms with Crippen molar-refractivity contribution in [1.29, 1.82) is 0 Å². The Morgan fingerprint density at radius 1 is 0.400 bits per heavy atom. The van der Waals surface area contributed by atoms with Crippen LogP contribution in [0.3, 0.4) is 0 Å². The van der Waals surface area contributed by atoms with Gasteiger partial charge in [0.25, 0.3) is 0 Å². The van der Waals surface area contributed by atoms with E-state index in [1.54, 1.807) is 0 Å². The summed E-state index contributed by atoms with van der Waals surface area (Å²) in [4.78, 5) is 47.2. The summed E-state index contributed by atoms with van der Waals surface area (Å²) in [5.41, 5.74) is 0. The van der Waals surface area contributed by atoms with Crippen molar-refractivity contribution in [2.45, 2.75) is 129 Å². The molecule has 0 aliphatic carbocycles. The fraction of sp³-hybridized carbons (Fsp3) is 0.892. The van der Waals surface area contributed by atoms with Crippen molar-refractivity contribution < 1.29 is 43.2 Å². The summed E-state index contributed by atoms with van der Waals surface area (Å²) in [7, 11) is 0. The first-order valence-corrected chi connectivity index (χ1v) is 19.5. The highest BCUT2D eigenvalue weighted by Gasteiger charge is 2.05. The van der Waals surface area contributed by atoms with Crippen molar-refractivity contribution in [2.24, 2.45) is 0 Å². The molecule has 0 saturated heterocycles. The standard InChI is InChI=1S/C37H72N4O9/c1-2-3-4-5-6-7-8-9-10-11-12-13-14-15-16-19-34(43)38-21-17-20-35(44)40-23-26-47-28-31-50-33-37(46)41-24-27-48-29-30-49-32-36(45)39-22-18-25-42/h42H,2-33H2,1H3,(H,38,43)(H,39,45)(H,40,44)(H,41,46). The van der Waals surface area contributed by atoms with Gasteiger partial charge in [0.1, 0.15) is 13.2 Å². The molecule has 0 fully saturated rings. The molecule has 50 heavy (non-hydrogen) atoms. The van der Waals surface area contributed by atoms with Gasteiger partial charge in [-0.1, -0.05) is 96.8 Å². The van der Waals surface area contributed by atoms with E-state index in [-0.39, 0.29) is 56.7 Å². The van der Waals surface area contributed by atoms with Crippen LogP contribution in [0.25, 0.3) is 0 Å².